The molecule has 0 radical (unpaired) electrons. The maximum Gasteiger partial charge on any atom is 1.00 e. The quantitative estimate of drug-likeness (QED) is 0.344. The van der Waals surface area contributed by atoms with Crippen molar-refractivity contribution in [1.29, 1.82) is 5.26 Å². The van der Waals surface area contributed by atoms with Gasteiger partial charge in [-0.25, -0.2) is 4.21 Å². The standard InChI is InChI=1S/C3H5NO3S2.Na/c4-2-1-3-7-9(5,6)8;/h1,3H2,(H,5,6,8);/q;+1/p-1. The van der Waals surface area contributed by atoms with Crippen molar-refractivity contribution in [2.45, 2.75) is 6.42 Å². The first-order valence-electron chi connectivity index (χ1n) is 2.03. The van der Waals surface area contributed by atoms with E-state index in [1.165, 1.54) is 0 Å². The van der Waals surface area contributed by atoms with Gasteiger partial charge >= 0.3 is 29.6 Å². The molecule has 1 unspecified atom stereocenters. The molecule has 0 aliphatic heterocycles. The Morgan fingerprint density at radius 3 is 2.60 bits per heavy atom. The van der Waals surface area contributed by atoms with Crippen LogP contribution < -0.4 is 29.6 Å². The third kappa shape index (κ3) is 11.6. The van der Waals surface area contributed by atoms with Crippen molar-refractivity contribution >= 4 is 20.2 Å². The summed E-state index contributed by atoms with van der Waals surface area (Å²) in [5.74, 6) is 0. The third-order valence-corrected chi connectivity index (χ3v) is 1.19. The first kappa shape index (κ1) is 13.4. The van der Waals surface area contributed by atoms with Crippen molar-refractivity contribution in [3.8, 4) is 6.07 Å². The summed E-state index contributed by atoms with van der Waals surface area (Å²) < 4.78 is 24.0. The molecule has 0 spiro atoms. The van der Waals surface area contributed by atoms with Gasteiger partial charge < -0.3 is 4.55 Å². The summed E-state index contributed by atoms with van der Waals surface area (Å²) in [6, 6.07) is 1.70. The summed E-state index contributed by atoms with van der Waals surface area (Å²) in [6.07, 6.45) is 0.0376. The Hall–Kier alpha value is 0.780. The zero-order valence-electron chi connectivity index (χ0n) is 5.40. The molecule has 0 saturated heterocycles. The van der Waals surface area contributed by atoms with E-state index < -0.39 is 9.05 Å². The molecule has 0 aliphatic rings. The van der Waals surface area contributed by atoms with Crippen molar-refractivity contribution in [2.75, 3.05) is 6.61 Å². The van der Waals surface area contributed by atoms with Crippen LogP contribution in [-0.4, -0.2) is 15.4 Å². The average Bonchev–Trinajstić information content (AvgIpc) is 1.63. The van der Waals surface area contributed by atoms with Crippen LogP contribution >= 0.6 is 0 Å². The molecule has 0 saturated carbocycles. The van der Waals surface area contributed by atoms with Crippen LogP contribution in [0, 0.1) is 11.3 Å². The second kappa shape index (κ2) is 6.49. The molecule has 10 heavy (non-hydrogen) atoms. The fourth-order valence-electron chi connectivity index (χ4n) is 0.189. The topological polar surface area (TPSA) is 73.1 Å². The summed E-state index contributed by atoms with van der Waals surface area (Å²) in [5.41, 5.74) is 0. The van der Waals surface area contributed by atoms with Crippen LogP contribution in [0.3, 0.4) is 0 Å². The van der Waals surface area contributed by atoms with E-state index in [0.29, 0.717) is 0 Å². The first-order valence-corrected chi connectivity index (χ1v) is 4.37. The Morgan fingerprint density at radius 2 is 2.30 bits per heavy atom. The summed E-state index contributed by atoms with van der Waals surface area (Å²) >= 11 is 3.84. The number of nitriles is 1. The zero-order chi connectivity index (χ0) is 7.33. The largest absolute Gasteiger partial charge is 1.00 e. The summed E-state index contributed by atoms with van der Waals surface area (Å²) in [4.78, 5) is 0. The Bertz CT molecular complexity index is 206. The molecule has 0 aliphatic carbocycles. The van der Waals surface area contributed by atoms with Gasteiger partial charge in [0.05, 0.1) is 28.2 Å². The monoisotopic (exact) mass is 189 g/mol. The molecule has 0 aromatic rings. The molecular weight excluding hydrogens is 185 g/mol. The van der Waals surface area contributed by atoms with Crippen LogP contribution in [0.5, 0.6) is 0 Å². The van der Waals surface area contributed by atoms with E-state index in [1.54, 1.807) is 6.07 Å². The first-order chi connectivity index (χ1) is 4.06. The van der Waals surface area contributed by atoms with Crippen molar-refractivity contribution in [2.24, 2.45) is 0 Å². The molecule has 7 heteroatoms. The number of rotatable bonds is 3. The molecule has 1 atom stereocenters. The Kier molecular flexibility index (Phi) is 8.68. The Labute approximate surface area is 86.6 Å². The normalized spacial score (nSPS) is 14.4. The predicted octanol–water partition coefficient (Wildman–Crippen LogP) is -3.29. The number of hydrogen-bond acceptors (Lipinski definition) is 5. The molecular formula is C3H4NNaO3S2. The van der Waals surface area contributed by atoms with E-state index in [1.807, 2.05) is 0 Å². The molecule has 4 nitrogen and oxygen atoms in total. The van der Waals surface area contributed by atoms with Gasteiger partial charge in [0.25, 0.3) is 0 Å². The van der Waals surface area contributed by atoms with Gasteiger partial charge in [0.2, 0.25) is 0 Å². The molecule has 0 fully saturated rings. The fraction of sp³-hybridized carbons (Fsp3) is 0.667. The molecule has 52 valence electrons. The van der Waals surface area contributed by atoms with E-state index >= 15 is 0 Å². The van der Waals surface area contributed by atoms with Gasteiger partial charge in [-0.3, -0.25) is 4.18 Å². The number of hydrogen-bond donors (Lipinski definition) is 0. The minimum absolute atomic E-state index is 0. The van der Waals surface area contributed by atoms with Crippen LogP contribution in [-0.2, 0) is 24.4 Å². The average molecular weight is 189 g/mol. The minimum atomic E-state index is -3.76. The fourth-order valence-corrected chi connectivity index (χ4v) is 0.681. The molecule has 0 amide bonds. The second-order valence-electron chi connectivity index (χ2n) is 1.14. The van der Waals surface area contributed by atoms with Gasteiger partial charge in [0, 0.05) is 0 Å². The molecule has 0 heterocycles. The van der Waals surface area contributed by atoms with Crippen LogP contribution in [0.2, 0.25) is 0 Å². The third-order valence-electron chi connectivity index (χ3n) is 0.442. The van der Waals surface area contributed by atoms with Crippen molar-refractivity contribution < 1.29 is 42.5 Å². The smallest absolute Gasteiger partial charge is 0.748 e. The Morgan fingerprint density at radius 1 is 1.80 bits per heavy atom. The molecule has 0 aromatic heterocycles. The molecule has 0 bridgehead atoms. The van der Waals surface area contributed by atoms with E-state index in [9.17, 15) is 8.76 Å². The van der Waals surface area contributed by atoms with Gasteiger partial charge in [-0.1, -0.05) is 0 Å². The van der Waals surface area contributed by atoms with Crippen molar-refractivity contribution in [3.05, 3.63) is 0 Å². The Balaban J connectivity index is 0. The molecule has 0 rings (SSSR count). The van der Waals surface area contributed by atoms with Gasteiger partial charge in [-0.2, -0.15) is 5.26 Å². The van der Waals surface area contributed by atoms with E-state index in [-0.39, 0.29) is 42.6 Å². The van der Waals surface area contributed by atoms with Crippen LogP contribution in [0.25, 0.3) is 0 Å². The van der Waals surface area contributed by atoms with Crippen LogP contribution in [0.4, 0.5) is 0 Å². The SMILES string of the molecule is N#CCCOS(=O)([O-])=S.[Na+]. The summed E-state index contributed by atoms with van der Waals surface area (Å²) in [5, 5.41) is 7.90. The number of nitrogens with zero attached hydrogens (tertiary/aromatic N) is 1. The maximum absolute atomic E-state index is 9.99. The summed E-state index contributed by atoms with van der Waals surface area (Å²) in [6.45, 7) is -0.150. The second-order valence-corrected chi connectivity index (χ2v) is 3.42. The van der Waals surface area contributed by atoms with Crippen molar-refractivity contribution in [3.63, 3.8) is 0 Å². The zero-order valence-corrected chi connectivity index (χ0v) is 9.04. The van der Waals surface area contributed by atoms with E-state index in [0.717, 1.165) is 0 Å². The van der Waals surface area contributed by atoms with E-state index in [2.05, 4.69) is 15.4 Å². The van der Waals surface area contributed by atoms with Gasteiger partial charge in [-0.05, 0) is 11.2 Å². The molecule has 0 N–H and O–H groups in total. The van der Waals surface area contributed by atoms with Crippen LogP contribution in [0.1, 0.15) is 6.42 Å². The predicted molar refractivity (Wildman–Crippen MR) is 32.5 cm³/mol. The van der Waals surface area contributed by atoms with Gasteiger partial charge in [-0.15, -0.1) is 0 Å². The minimum Gasteiger partial charge on any atom is -0.748 e. The van der Waals surface area contributed by atoms with Gasteiger partial charge in [0.15, 0.2) is 0 Å². The van der Waals surface area contributed by atoms with Gasteiger partial charge in [0.1, 0.15) is 0 Å². The van der Waals surface area contributed by atoms with E-state index in [4.69, 9.17) is 5.26 Å². The van der Waals surface area contributed by atoms with Crippen molar-refractivity contribution in [1.82, 2.24) is 0 Å². The molecule has 0 aromatic carbocycles. The summed E-state index contributed by atoms with van der Waals surface area (Å²) in [7, 11) is -3.76. The maximum atomic E-state index is 9.99. The van der Waals surface area contributed by atoms with Crippen LogP contribution in [0.15, 0.2) is 0 Å².